The summed E-state index contributed by atoms with van der Waals surface area (Å²) in [5.41, 5.74) is 0.549. The van der Waals surface area contributed by atoms with Crippen molar-refractivity contribution in [2.75, 3.05) is 12.4 Å². The van der Waals surface area contributed by atoms with Crippen molar-refractivity contribution in [1.29, 1.82) is 0 Å². The molecule has 26 heavy (non-hydrogen) atoms. The molecule has 0 spiro atoms. The minimum atomic E-state index is -0.319. The van der Waals surface area contributed by atoms with Crippen LogP contribution in [0.1, 0.15) is 46.0 Å². The Hall–Kier alpha value is -1.40. The highest BCUT2D eigenvalue weighted by atomic mass is 32.2. The summed E-state index contributed by atoms with van der Waals surface area (Å²) in [4.78, 5) is 11.7. The molecule has 0 bridgehead atoms. The van der Waals surface area contributed by atoms with Crippen LogP contribution in [0.3, 0.4) is 0 Å². The van der Waals surface area contributed by atoms with Crippen LogP contribution in [0.15, 0.2) is 28.7 Å². The summed E-state index contributed by atoms with van der Waals surface area (Å²) in [7, 11) is 0. The van der Waals surface area contributed by atoms with E-state index >= 15 is 0 Å². The first-order valence-electron chi connectivity index (χ1n) is 9.04. The highest BCUT2D eigenvalue weighted by Gasteiger charge is 2.10. The third-order valence-corrected chi connectivity index (χ3v) is 5.68. The quantitative estimate of drug-likeness (QED) is 0.336. The Labute approximate surface area is 163 Å². The van der Waals surface area contributed by atoms with Crippen molar-refractivity contribution in [3.63, 3.8) is 0 Å². The summed E-state index contributed by atoms with van der Waals surface area (Å²) in [6.07, 6.45) is 4.94. The third kappa shape index (κ3) is 6.40. The molecule has 0 saturated heterocycles. The predicted molar refractivity (Wildman–Crippen MR) is 108 cm³/mol. The Morgan fingerprint density at radius 2 is 2.04 bits per heavy atom. The molecule has 0 aliphatic carbocycles. The van der Waals surface area contributed by atoms with E-state index in [1.165, 1.54) is 23.9 Å². The van der Waals surface area contributed by atoms with Crippen LogP contribution in [0.25, 0.3) is 11.0 Å². The van der Waals surface area contributed by atoms with Crippen LogP contribution in [0.2, 0.25) is 0 Å². The van der Waals surface area contributed by atoms with Crippen LogP contribution in [0.5, 0.6) is 5.75 Å². The summed E-state index contributed by atoms with van der Waals surface area (Å²) < 4.78 is 24.8. The number of carbonyl (C=O) groups excluding carboxylic acids is 1. The van der Waals surface area contributed by atoms with E-state index in [1.54, 1.807) is 12.1 Å². The molecule has 3 nitrogen and oxygen atoms in total. The summed E-state index contributed by atoms with van der Waals surface area (Å²) in [6.45, 7) is 4.56. The van der Waals surface area contributed by atoms with Gasteiger partial charge in [0.1, 0.15) is 11.4 Å². The average molecular weight is 397 g/mol. The number of rotatable bonds is 10. The van der Waals surface area contributed by atoms with Crippen molar-refractivity contribution in [2.45, 2.75) is 46.0 Å². The smallest absolute Gasteiger partial charge is 0.232 e. The fourth-order valence-electron chi connectivity index (χ4n) is 2.40. The number of benzene rings is 1. The summed E-state index contributed by atoms with van der Waals surface area (Å²) in [5, 5.41) is 0.932. The molecule has 0 aliphatic heterocycles. The molecule has 2 aromatic rings. The van der Waals surface area contributed by atoms with Gasteiger partial charge in [0.05, 0.1) is 6.61 Å². The second-order valence-corrected chi connectivity index (χ2v) is 7.79. The zero-order valence-electron chi connectivity index (χ0n) is 15.3. The fraction of sp³-hybridized carbons (Fsp3) is 0.500. The normalized spacial score (nSPS) is 12.3. The molecule has 0 N–H and O–H groups in total. The van der Waals surface area contributed by atoms with Gasteiger partial charge in [-0.15, -0.1) is 0 Å². The Morgan fingerprint density at radius 3 is 2.81 bits per heavy atom. The molecule has 142 valence electrons. The van der Waals surface area contributed by atoms with Crippen molar-refractivity contribution < 1.29 is 18.3 Å². The molecule has 0 radical (unpaired) electrons. The van der Waals surface area contributed by atoms with Gasteiger partial charge in [0, 0.05) is 17.1 Å². The number of fused-ring (bicyclic) bond motifs is 1. The molecule has 0 saturated carbocycles. The predicted octanol–water partition coefficient (Wildman–Crippen LogP) is 6.55. The summed E-state index contributed by atoms with van der Waals surface area (Å²) >= 11 is 6.63. The number of thioether (sulfide) groups is 1. The molecule has 0 aliphatic rings. The van der Waals surface area contributed by atoms with Crippen LogP contribution in [-0.4, -0.2) is 17.5 Å². The maximum atomic E-state index is 13.3. The number of carbonyl (C=O) groups is 1. The van der Waals surface area contributed by atoms with Crippen molar-refractivity contribution >= 4 is 40.1 Å². The van der Waals surface area contributed by atoms with Crippen LogP contribution in [-0.2, 0) is 4.79 Å². The molecule has 1 unspecified atom stereocenters. The summed E-state index contributed by atoms with van der Waals surface area (Å²) in [6, 6.07) is 6.03. The first-order chi connectivity index (χ1) is 12.5. The van der Waals surface area contributed by atoms with E-state index in [9.17, 15) is 9.18 Å². The highest BCUT2D eigenvalue weighted by molar-refractivity contribution is 8.13. The molecule has 1 heterocycles. The lowest BCUT2D eigenvalue weighted by atomic mass is 10.1. The van der Waals surface area contributed by atoms with E-state index < -0.39 is 0 Å². The third-order valence-electron chi connectivity index (χ3n) is 4.22. The molecule has 1 atom stereocenters. The lowest BCUT2D eigenvalue weighted by molar-refractivity contribution is -0.113. The molecule has 1 aromatic heterocycles. The maximum Gasteiger partial charge on any atom is 0.232 e. The lowest BCUT2D eigenvalue weighted by Crippen LogP contribution is -2.05. The van der Waals surface area contributed by atoms with Crippen molar-refractivity contribution in [3.8, 4) is 5.75 Å². The largest absolute Gasteiger partial charge is 0.489 e. The van der Waals surface area contributed by atoms with Gasteiger partial charge >= 0.3 is 0 Å². The standard InChI is InChI=1S/C20H25FO3S2/c1-3-14(2)19(22)26-11-7-5-4-6-10-23-18-13-15-12-16(21)8-9-17(15)24-20(18)25/h8-9,12-14H,3-7,10-11H2,1-2H3. The van der Waals surface area contributed by atoms with Crippen molar-refractivity contribution in [3.05, 3.63) is 34.8 Å². The highest BCUT2D eigenvalue weighted by Crippen LogP contribution is 2.24. The van der Waals surface area contributed by atoms with Gasteiger partial charge in [-0.2, -0.15) is 0 Å². The van der Waals surface area contributed by atoms with E-state index in [2.05, 4.69) is 0 Å². The Kier molecular flexibility index (Phi) is 8.59. The van der Waals surface area contributed by atoms with E-state index in [1.807, 2.05) is 13.8 Å². The number of hydrogen-bond acceptors (Lipinski definition) is 5. The van der Waals surface area contributed by atoms with Crippen LogP contribution in [0, 0.1) is 16.4 Å². The zero-order chi connectivity index (χ0) is 18.9. The SMILES string of the molecule is CCC(C)C(=O)SCCCCCCOc1cc2cc(F)ccc2oc1=S. The van der Waals surface area contributed by atoms with Gasteiger partial charge in [-0.1, -0.05) is 38.5 Å². The number of ether oxygens (including phenoxy) is 1. The van der Waals surface area contributed by atoms with E-state index in [0.29, 0.717) is 28.4 Å². The molecule has 1 aromatic carbocycles. The fourth-order valence-corrected chi connectivity index (χ4v) is 3.61. The monoisotopic (exact) mass is 396 g/mol. The van der Waals surface area contributed by atoms with Crippen molar-refractivity contribution in [2.24, 2.45) is 5.92 Å². The van der Waals surface area contributed by atoms with Gasteiger partial charge < -0.3 is 9.15 Å². The molecule has 0 amide bonds. The van der Waals surface area contributed by atoms with Gasteiger partial charge in [-0.25, -0.2) is 4.39 Å². The van der Waals surface area contributed by atoms with Crippen LogP contribution < -0.4 is 4.74 Å². The van der Waals surface area contributed by atoms with Gasteiger partial charge in [-0.05, 0) is 55.7 Å². The van der Waals surface area contributed by atoms with Gasteiger partial charge in [-0.3, -0.25) is 4.79 Å². The Morgan fingerprint density at radius 1 is 1.27 bits per heavy atom. The van der Waals surface area contributed by atoms with Crippen LogP contribution in [0.4, 0.5) is 4.39 Å². The van der Waals surface area contributed by atoms with Gasteiger partial charge in [0.15, 0.2) is 10.9 Å². The van der Waals surface area contributed by atoms with E-state index in [-0.39, 0.29) is 16.4 Å². The molecule has 6 heteroatoms. The zero-order valence-corrected chi connectivity index (χ0v) is 16.9. The Bertz CT molecular complexity index is 788. The van der Waals surface area contributed by atoms with Gasteiger partial charge in [0.25, 0.3) is 0 Å². The second kappa shape index (κ2) is 10.7. The first-order valence-corrected chi connectivity index (χ1v) is 10.4. The molecular weight excluding hydrogens is 371 g/mol. The van der Waals surface area contributed by atoms with Crippen LogP contribution >= 0.6 is 24.0 Å². The maximum absolute atomic E-state index is 13.3. The van der Waals surface area contributed by atoms with E-state index in [0.717, 1.165) is 37.9 Å². The lowest BCUT2D eigenvalue weighted by Gasteiger charge is -2.08. The van der Waals surface area contributed by atoms with Gasteiger partial charge in [0.2, 0.25) is 4.71 Å². The minimum Gasteiger partial charge on any atom is -0.489 e. The number of halogens is 1. The Balaban J connectivity index is 1.67. The summed E-state index contributed by atoms with van der Waals surface area (Å²) in [5.74, 6) is 1.20. The van der Waals surface area contributed by atoms with E-state index in [4.69, 9.17) is 21.4 Å². The first kappa shape index (κ1) is 20.9. The molecule has 0 fully saturated rings. The minimum absolute atomic E-state index is 0.154. The number of unbranched alkanes of at least 4 members (excludes halogenated alkanes) is 3. The topological polar surface area (TPSA) is 39.4 Å². The second-order valence-electron chi connectivity index (χ2n) is 6.32. The average Bonchev–Trinajstić information content (AvgIpc) is 2.63. The molecule has 2 rings (SSSR count). The van der Waals surface area contributed by atoms with Crippen molar-refractivity contribution in [1.82, 2.24) is 0 Å². The number of hydrogen-bond donors (Lipinski definition) is 0. The molecular formula is C20H25FO3S2.